The van der Waals surface area contributed by atoms with Crippen molar-refractivity contribution in [2.45, 2.75) is 58.4 Å². The van der Waals surface area contributed by atoms with Crippen LogP contribution >= 0.6 is 11.8 Å². The van der Waals surface area contributed by atoms with Gasteiger partial charge in [-0.1, -0.05) is 13.8 Å². The maximum atomic E-state index is 12.6. The van der Waals surface area contributed by atoms with Gasteiger partial charge in [0.1, 0.15) is 0 Å². The third-order valence-corrected chi connectivity index (χ3v) is 6.90. The minimum Gasteiger partial charge on any atom is -0.353 e. The van der Waals surface area contributed by atoms with E-state index in [0.717, 1.165) is 63.1 Å². The summed E-state index contributed by atoms with van der Waals surface area (Å²) in [5.74, 6) is 2.70. The Bertz CT molecular complexity index is 418. The summed E-state index contributed by atoms with van der Waals surface area (Å²) in [6, 6.07) is 0.197. The van der Waals surface area contributed by atoms with Crippen LogP contribution in [0.2, 0.25) is 0 Å². The maximum absolute atomic E-state index is 12.6. The first-order valence-corrected chi connectivity index (χ1v) is 10.6. The number of nitrogens with zero attached hydrogens (tertiary/aromatic N) is 1. The lowest BCUT2D eigenvalue weighted by atomic mass is 9.80. The first kappa shape index (κ1) is 19.6. The van der Waals surface area contributed by atoms with E-state index in [1.807, 2.05) is 30.5 Å². The number of carbonyl (C=O) groups is 2. The number of nitrogens with one attached hydrogen (secondary N) is 1. The minimum atomic E-state index is -0.432. The highest BCUT2D eigenvalue weighted by atomic mass is 32.2. The molecule has 1 aliphatic heterocycles. The molecule has 2 amide bonds. The standard InChI is InChI=1S/C18H33N3O2S/c1-3-18(4-2,13-19)17(23)20-15-7-5-14(6-8-15)16(22)21-9-11-24-12-10-21/h14-15H,3-13,19H2,1-2H3,(H,20,23). The summed E-state index contributed by atoms with van der Waals surface area (Å²) in [5.41, 5.74) is 5.43. The van der Waals surface area contributed by atoms with Gasteiger partial charge in [0, 0.05) is 43.1 Å². The van der Waals surface area contributed by atoms with Crippen molar-refractivity contribution >= 4 is 23.6 Å². The Labute approximate surface area is 150 Å². The topological polar surface area (TPSA) is 75.4 Å². The van der Waals surface area contributed by atoms with E-state index < -0.39 is 5.41 Å². The van der Waals surface area contributed by atoms with E-state index in [1.165, 1.54) is 0 Å². The van der Waals surface area contributed by atoms with Crippen molar-refractivity contribution in [3.8, 4) is 0 Å². The second kappa shape index (κ2) is 9.09. The van der Waals surface area contributed by atoms with Gasteiger partial charge >= 0.3 is 0 Å². The Morgan fingerprint density at radius 2 is 1.71 bits per heavy atom. The fourth-order valence-corrected chi connectivity index (χ4v) is 4.72. The molecule has 1 saturated heterocycles. The zero-order chi connectivity index (χ0) is 17.6. The monoisotopic (exact) mass is 355 g/mol. The molecule has 1 heterocycles. The molecule has 0 spiro atoms. The maximum Gasteiger partial charge on any atom is 0.227 e. The summed E-state index contributed by atoms with van der Waals surface area (Å²) in [4.78, 5) is 27.2. The van der Waals surface area contributed by atoms with Crippen molar-refractivity contribution in [2.75, 3.05) is 31.1 Å². The molecular formula is C18H33N3O2S. The zero-order valence-electron chi connectivity index (χ0n) is 15.2. The van der Waals surface area contributed by atoms with Crippen LogP contribution < -0.4 is 11.1 Å². The van der Waals surface area contributed by atoms with Crippen LogP contribution in [-0.4, -0.2) is 53.9 Å². The van der Waals surface area contributed by atoms with Gasteiger partial charge in [0.25, 0.3) is 0 Å². The highest BCUT2D eigenvalue weighted by Gasteiger charge is 2.36. The van der Waals surface area contributed by atoms with Gasteiger partial charge in [0.05, 0.1) is 5.41 Å². The molecule has 0 radical (unpaired) electrons. The average molecular weight is 356 g/mol. The van der Waals surface area contributed by atoms with E-state index in [1.54, 1.807) is 0 Å². The Morgan fingerprint density at radius 3 is 2.21 bits per heavy atom. The second-order valence-corrected chi connectivity index (χ2v) is 8.38. The lowest BCUT2D eigenvalue weighted by Gasteiger charge is -2.36. The van der Waals surface area contributed by atoms with E-state index >= 15 is 0 Å². The third kappa shape index (κ3) is 4.45. The molecule has 0 aromatic carbocycles. The molecule has 1 aliphatic carbocycles. The van der Waals surface area contributed by atoms with Crippen molar-refractivity contribution in [1.29, 1.82) is 0 Å². The van der Waals surface area contributed by atoms with Crippen LogP contribution in [0.5, 0.6) is 0 Å². The predicted molar refractivity (Wildman–Crippen MR) is 99.9 cm³/mol. The second-order valence-electron chi connectivity index (χ2n) is 7.15. The molecule has 0 atom stereocenters. The van der Waals surface area contributed by atoms with Crippen molar-refractivity contribution in [3.05, 3.63) is 0 Å². The zero-order valence-corrected chi connectivity index (χ0v) is 16.0. The average Bonchev–Trinajstić information content (AvgIpc) is 2.64. The number of carbonyl (C=O) groups excluding carboxylic acids is 2. The van der Waals surface area contributed by atoms with E-state index in [2.05, 4.69) is 5.32 Å². The summed E-state index contributed by atoms with van der Waals surface area (Å²) >= 11 is 1.93. The molecular weight excluding hydrogens is 322 g/mol. The molecule has 6 heteroatoms. The first-order chi connectivity index (χ1) is 11.6. The van der Waals surface area contributed by atoms with Crippen LogP contribution in [0.3, 0.4) is 0 Å². The normalized spacial score (nSPS) is 25.4. The van der Waals surface area contributed by atoms with Crippen LogP contribution in [0, 0.1) is 11.3 Å². The number of amides is 2. The number of nitrogens with two attached hydrogens (primary N) is 1. The molecule has 0 unspecified atom stereocenters. The fourth-order valence-electron chi connectivity index (χ4n) is 3.82. The molecule has 0 aromatic heterocycles. The molecule has 24 heavy (non-hydrogen) atoms. The highest BCUT2D eigenvalue weighted by Crippen LogP contribution is 2.29. The number of hydrogen-bond donors (Lipinski definition) is 2. The summed E-state index contributed by atoms with van der Waals surface area (Å²) in [5, 5.41) is 3.20. The summed E-state index contributed by atoms with van der Waals surface area (Å²) in [6.45, 7) is 6.25. The van der Waals surface area contributed by atoms with E-state index in [0.29, 0.717) is 12.5 Å². The van der Waals surface area contributed by atoms with Gasteiger partial charge in [-0.2, -0.15) is 11.8 Å². The Kier molecular flexibility index (Phi) is 7.41. The molecule has 3 N–H and O–H groups in total. The molecule has 0 bridgehead atoms. The molecule has 2 rings (SSSR count). The summed E-state index contributed by atoms with van der Waals surface area (Å²) < 4.78 is 0. The van der Waals surface area contributed by atoms with Gasteiger partial charge in [-0.05, 0) is 38.5 Å². The van der Waals surface area contributed by atoms with Crippen LogP contribution in [0.4, 0.5) is 0 Å². The van der Waals surface area contributed by atoms with E-state index in [-0.39, 0.29) is 17.9 Å². The minimum absolute atomic E-state index is 0.0952. The first-order valence-electron chi connectivity index (χ1n) is 9.44. The van der Waals surface area contributed by atoms with E-state index in [9.17, 15) is 9.59 Å². The number of rotatable bonds is 6. The third-order valence-electron chi connectivity index (χ3n) is 5.96. The molecule has 2 fully saturated rings. The fraction of sp³-hybridized carbons (Fsp3) is 0.889. The largest absolute Gasteiger partial charge is 0.353 e. The molecule has 0 aromatic rings. The van der Waals surface area contributed by atoms with Crippen molar-refractivity contribution in [3.63, 3.8) is 0 Å². The van der Waals surface area contributed by atoms with Gasteiger partial charge in [-0.15, -0.1) is 0 Å². The lowest BCUT2D eigenvalue weighted by Crippen LogP contribution is -2.50. The summed E-state index contributed by atoms with van der Waals surface area (Å²) in [7, 11) is 0. The lowest BCUT2D eigenvalue weighted by molar-refractivity contribution is -0.136. The van der Waals surface area contributed by atoms with Gasteiger partial charge < -0.3 is 16.0 Å². The SMILES string of the molecule is CCC(CC)(CN)C(=O)NC1CCC(C(=O)N2CCSCC2)CC1. The molecule has 5 nitrogen and oxygen atoms in total. The van der Waals surface area contributed by atoms with Gasteiger partial charge in [-0.25, -0.2) is 0 Å². The van der Waals surface area contributed by atoms with Gasteiger partial charge in [0.15, 0.2) is 0 Å². The van der Waals surface area contributed by atoms with Crippen molar-refractivity contribution < 1.29 is 9.59 Å². The molecule has 2 aliphatic rings. The van der Waals surface area contributed by atoms with Crippen LogP contribution in [0.1, 0.15) is 52.4 Å². The van der Waals surface area contributed by atoms with Crippen LogP contribution in [0.25, 0.3) is 0 Å². The predicted octanol–water partition coefficient (Wildman–Crippen LogP) is 2.00. The van der Waals surface area contributed by atoms with E-state index in [4.69, 9.17) is 5.73 Å². The Balaban J connectivity index is 1.82. The smallest absolute Gasteiger partial charge is 0.227 e. The van der Waals surface area contributed by atoms with Crippen molar-refractivity contribution in [1.82, 2.24) is 10.2 Å². The van der Waals surface area contributed by atoms with Crippen molar-refractivity contribution in [2.24, 2.45) is 17.1 Å². The summed E-state index contributed by atoms with van der Waals surface area (Å²) in [6.07, 6.45) is 5.12. The highest BCUT2D eigenvalue weighted by molar-refractivity contribution is 7.99. The van der Waals surface area contributed by atoms with Gasteiger partial charge in [-0.3, -0.25) is 9.59 Å². The van der Waals surface area contributed by atoms with Crippen LogP contribution in [0.15, 0.2) is 0 Å². The number of hydrogen-bond acceptors (Lipinski definition) is 4. The molecule has 138 valence electrons. The van der Waals surface area contributed by atoms with Crippen LogP contribution in [-0.2, 0) is 9.59 Å². The quantitative estimate of drug-likeness (QED) is 0.764. The Hall–Kier alpha value is -0.750. The van der Waals surface area contributed by atoms with Gasteiger partial charge in [0.2, 0.25) is 11.8 Å². The molecule has 1 saturated carbocycles. The number of thioether (sulfide) groups is 1. The Morgan fingerprint density at radius 1 is 1.12 bits per heavy atom.